The van der Waals surface area contributed by atoms with Gasteiger partial charge in [-0.05, 0) is 11.6 Å². The van der Waals surface area contributed by atoms with Crippen LogP contribution in [0.5, 0.6) is 0 Å². The molecule has 0 radical (unpaired) electrons. The lowest BCUT2D eigenvalue weighted by atomic mass is 10.1. The molecule has 0 saturated heterocycles. The zero-order valence-electron chi connectivity index (χ0n) is 10.6. The van der Waals surface area contributed by atoms with E-state index < -0.39 is 28.2 Å². The molecular formula is C13H14N2O4S. The normalized spacial score (nSPS) is 11.6. The maximum Gasteiger partial charge on any atom is 0.304 e. The fraction of sp³-hybridized carbons (Fsp3) is 0.231. The SMILES string of the molecule is O=C(O)CCS(=O)(=O)NCc1cccc2cccnc12. The highest BCUT2D eigenvalue weighted by Crippen LogP contribution is 2.15. The number of carboxylic acid groups (broad SMARTS) is 1. The number of carboxylic acids is 1. The number of fused-ring (bicyclic) bond motifs is 1. The molecule has 0 saturated carbocycles. The van der Waals surface area contributed by atoms with Crippen LogP contribution in [0.25, 0.3) is 10.9 Å². The Hall–Kier alpha value is -1.99. The molecule has 0 atom stereocenters. The molecule has 0 aliphatic rings. The summed E-state index contributed by atoms with van der Waals surface area (Å²) in [7, 11) is -3.60. The zero-order chi connectivity index (χ0) is 14.6. The summed E-state index contributed by atoms with van der Waals surface area (Å²) in [4.78, 5) is 14.6. The van der Waals surface area contributed by atoms with Crippen LogP contribution in [-0.4, -0.2) is 30.2 Å². The second kappa shape index (κ2) is 5.98. The Kier molecular flexibility index (Phi) is 4.31. The van der Waals surface area contributed by atoms with Crippen LogP contribution < -0.4 is 4.72 Å². The molecule has 106 valence electrons. The van der Waals surface area contributed by atoms with E-state index in [0.29, 0.717) is 0 Å². The lowest BCUT2D eigenvalue weighted by Gasteiger charge is -2.07. The van der Waals surface area contributed by atoms with Crippen molar-refractivity contribution in [3.63, 3.8) is 0 Å². The average molecular weight is 294 g/mol. The molecule has 1 heterocycles. The summed E-state index contributed by atoms with van der Waals surface area (Å²) < 4.78 is 25.7. The molecular weight excluding hydrogens is 280 g/mol. The number of sulfonamides is 1. The lowest BCUT2D eigenvalue weighted by molar-refractivity contribution is -0.136. The van der Waals surface area contributed by atoms with Gasteiger partial charge in [-0.1, -0.05) is 24.3 Å². The summed E-state index contributed by atoms with van der Waals surface area (Å²) in [5, 5.41) is 9.43. The van der Waals surface area contributed by atoms with Gasteiger partial charge in [0.25, 0.3) is 0 Å². The lowest BCUT2D eigenvalue weighted by Crippen LogP contribution is -2.27. The number of pyridine rings is 1. The predicted octanol–water partition coefficient (Wildman–Crippen LogP) is 1.13. The van der Waals surface area contributed by atoms with Crippen LogP contribution in [0.15, 0.2) is 36.5 Å². The van der Waals surface area contributed by atoms with Crippen molar-refractivity contribution in [2.75, 3.05) is 5.75 Å². The number of aliphatic carboxylic acids is 1. The van der Waals surface area contributed by atoms with Crippen LogP contribution in [-0.2, 0) is 21.4 Å². The molecule has 1 aromatic heterocycles. The van der Waals surface area contributed by atoms with Crippen LogP contribution in [0.3, 0.4) is 0 Å². The van der Waals surface area contributed by atoms with E-state index in [0.717, 1.165) is 16.5 Å². The first-order chi connectivity index (χ1) is 9.48. The number of aromatic nitrogens is 1. The monoisotopic (exact) mass is 294 g/mol. The number of para-hydroxylation sites is 1. The van der Waals surface area contributed by atoms with Crippen molar-refractivity contribution in [1.82, 2.24) is 9.71 Å². The zero-order valence-corrected chi connectivity index (χ0v) is 11.4. The minimum absolute atomic E-state index is 0.0936. The molecule has 2 N–H and O–H groups in total. The van der Waals surface area contributed by atoms with Crippen LogP contribution >= 0.6 is 0 Å². The van der Waals surface area contributed by atoms with Gasteiger partial charge in [0.2, 0.25) is 10.0 Å². The van der Waals surface area contributed by atoms with Gasteiger partial charge in [0, 0.05) is 18.1 Å². The Morgan fingerprint density at radius 2 is 2.00 bits per heavy atom. The van der Waals surface area contributed by atoms with Gasteiger partial charge >= 0.3 is 5.97 Å². The summed E-state index contributed by atoms with van der Waals surface area (Å²) in [6, 6.07) is 9.21. The molecule has 0 fully saturated rings. The van der Waals surface area contributed by atoms with Crippen molar-refractivity contribution in [3.05, 3.63) is 42.1 Å². The summed E-state index contributed by atoms with van der Waals surface area (Å²) >= 11 is 0. The average Bonchev–Trinajstić information content (AvgIpc) is 2.43. The van der Waals surface area contributed by atoms with Gasteiger partial charge in [-0.2, -0.15) is 0 Å². The van der Waals surface area contributed by atoms with Gasteiger partial charge in [-0.3, -0.25) is 9.78 Å². The number of benzene rings is 1. The summed E-state index contributed by atoms with van der Waals surface area (Å²) in [5.74, 6) is -1.57. The Labute approximate surface area is 116 Å². The van der Waals surface area contributed by atoms with E-state index in [1.165, 1.54) is 0 Å². The minimum Gasteiger partial charge on any atom is -0.481 e. The van der Waals surface area contributed by atoms with Crippen LogP contribution in [0.1, 0.15) is 12.0 Å². The standard InChI is InChI=1S/C13H14N2O4S/c16-12(17)6-8-20(18,19)15-9-11-4-1-3-10-5-2-7-14-13(10)11/h1-5,7,15H,6,8-9H2,(H,16,17). The number of rotatable bonds is 6. The van der Waals surface area contributed by atoms with E-state index in [1.54, 1.807) is 12.3 Å². The molecule has 2 rings (SSSR count). The first kappa shape index (κ1) is 14.4. The molecule has 20 heavy (non-hydrogen) atoms. The molecule has 2 aromatic rings. The molecule has 0 bridgehead atoms. The van der Waals surface area contributed by atoms with Crippen molar-refractivity contribution in [3.8, 4) is 0 Å². The molecule has 6 nitrogen and oxygen atoms in total. The maximum atomic E-state index is 11.6. The third-order valence-electron chi connectivity index (χ3n) is 2.78. The second-order valence-corrected chi connectivity index (χ2v) is 6.20. The van der Waals surface area contributed by atoms with Crippen molar-refractivity contribution in [2.24, 2.45) is 0 Å². The van der Waals surface area contributed by atoms with Gasteiger partial charge in [0.05, 0.1) is 17.7 Å². The summed E-state index contributed by atoms with van der Waals surface area (Å²) in [6.45, 7) is 0.0936. The van der Waals surface area contributed by atoms with Crippen LogP contribution in [0, 0.1) is 0 Å². The van der Waals surface area contributed by atoms with E-state index >= 15 is 0 Å². The Balaban J connectivity index is 2.11. The highest BCUT2D eigenvalue weighted by Gasteiger charge is 2.13. The van der Waals surface area contributed by atoms with Crippen LogP contribution in [0.4, 0.5) is 0 Å². The smallest absolute Gasteiger partial charge is 0.304 e. The predicted molar refractivity (Wildman–Crippen MR) is 74.6 cm³/mol. The number of nitrogens with one attached hydrogen (secondary N) is 1. The Bertz CT molecular complexity index is 723. The third-order valence-corrected chi connectivity index (χ3v) is 4.11. The van der Waals surface area contributed by atoms with E-state index in [1.807, 2.05) is 24.3 Å². The largest absolute Gasteiger partial charge is 0.481 e. The summed E-state index contributed by atoms with van der Waals surface area (Å²) in [6.07, 6.45) is 1.23. The van der Waals surface area contributed by atoms with Crippen LogP contribution in [0.2, 0.25) is 0 Å². The fourth-order valence-electron chi connectivity index (χ4n) is 1.79. The van der Waals surface area contributed by atoms with Gasteiger partial charge in [-0.15, -0.1) is 0 Å². The van der Waals surface area contributed by atoms with E-state index in [9.17, 15) is 13.2 Å². The van der Waals surface area contributed by atoms with E-state index in [2.05, 4.69) is 9.71 Å². The van der Waals surface area contributed by atoms with Gasteiger partial charge in [-0.25, -0.2) is 13.1 Å². The maximum absolute atomic E-state index is 11.6. The molecule has 0 unspecified atom stereocenters. The number of hydrogen-bond donors (Lipinski definition) is 2. The van der Waals surface area contributed by atoms with Gasteiger partial charge < -0.3 is 5.11 Å². The number of hydrogen-bond acceptors (Lipinski definition) is 4. The van der Waals surface area contributed by atoms with E-state index in [-0.39, 0.29) is 6.54 Å². The second-order valence-electron chi connectivity index (χ2n) is 4.28. The quantitative estimate of drug-likeness (QED) is 0.832. The molecule has 0 spiro atoms. The van der Waals surface area contributed by atoms with Gasteiger partial charge in [0.15, 0.2) is 0 Å². The fourth-order valence-corrected chi connectivity index (χ4v) is 2.75. The first-order valence-electron chi connectivity index (χ1n) is 6.00. The molecule has 7 heteroatoms. The van der Waals surface area contributed by atoms with Crippen molar-refractivity contribution >= 4 is 26.9 Å². The molecule has 0 amide bonds. The highest BCUT2D eigenvalue weighted by molar-refractivity contribution is 7.89. The van der Waals surface area contributed by atoms with Crippen molar-refractivity contribution in [1.29, 1.82) is 0 Å². The topological polar surface area (TPSA) is 96.4 Å². The highest BCUT2D eigenvalue weighted by atomic mass is 32.2. The third kappa shape index (κ3) is 3.75. The Morgan fingerprint density at radius 1 is 1.25 bits per heavy atom. The molecule has 1 aromatic carbocycles. The summed E-state index contributed by atoms with van der Waals surface area (Å²) in [5.41, 5.74) is 1.48. The molecule has 0 aliphatic heterocycles. The van der Waals surface area contributed by atoms with E-state index in [4.69, 9.17) is 5.11 Å². The number of carbonyl (C=O) groups is 1. The Morgan fingerprint density at radius 3 is 2.75 bits per heavy atom. The minimum atomic E-state index is -3.60. The molecule has 0 aliphatic carbocycles. The van der Waals surface area contributed by atoms with Crippen molar-refractivity contribution in [2.45, 2.75) is 13.0 Å². The number of nitrogens with zero attached hydrogens (tertiary/aromatic N) is 1. The van der Waals surface area contributed by atoms with Gasteiger partial charge in [0.1, 0.15) is 0 Å². The van der Waals surface area contributed by atoms with Crippen molar-refractivity contribution < 1.29 is 18.3 Å². The first-order valence-corrected chi connectivity index (χ1v) is 7.65.